The van der Waals surface area contributed by atoms with E-state index < -0.39 is 0 Å². The Kier molecular flexibility index (Phi) is 7.92. The quantitative estimate of drug-likeness (QED) is 0.516. The van der Waals surface area contributed by atoms with E-state index >= 15 is 0 Å². The number of carbonyl (C=O) groups excluding carboxylic acids is 1. The van der Waals surface area contributed by atoms with E-state index in [1.165, 1.54) is 6.42 Å². The average Bonchev–Trinajstić information content (AvgIpc) is 2.26. The molecule has 0 aromatic heterocycles. The summed E-state index contributed by atoms with van der Waals surface area (Å²) >= 11 is 0. The van der Waals surface area contributed by atoms with Crippen molar-refractivity contribution in [2.24, 2.45) is 17.3 Å². The second kappa shape index (κ2) is 8.30. The third-order valence-electron chi connectivity index (χ3n) is 3.50. The predicted octanol–water partition coefficient (Wildman–Crippen LogP) is 2.59. The van der Waals surface area contributed by atoms with E-state index in [4.69, 9.17) is 0 Å². The highest BCUT2D eigenvalue weighted by Gasteiger charge is 2.26. The highest BCUT2D eigenvalue weighted by Crippen LogP contribution is 2.33. The molecule has 0 aromatic carbocycles. The monoisotopic (exact) mass is 254 g/mol. The van der Waals surface area contributed by atoms with E-state index in [2.05, 4.69) is 45.3 Å². The van der Waals surface area contributed by atoms with Gasteiger partial charge < -0.3 is 10.6 Å². The SMILES string of the molecule is CNC(=O)/C=C/CNCC(C)C(C)(C)CC(C)C. The van der Waals surface area contributed by atoms with E-state index in [0.29, 0.717) is 11.3 Å². The number of nitrogens with one attached hydrogen (secondary N) is 2. The van der Waals surface area contributed by atoms with Crippen LogP contribution in [-0.2, 0) is 4.79 Å². The smallest absolute Gasteiger partial charge is 0.243 e. The maximum atomic E-state index is 11.0. The van der Waals surface area contributed by atoms with Crippen molar-refractivity contribution >= 4 is 5.91 Å². The molecule has 3 heteroatoms. The molecule has 106 valence electrons. The number of rotatable bonds is 8. The van der Waals surface area contributed by atoms with Crippen LogP contribution in [-0.4, -0.2) is 26.0 Å². The lowest BCUT2D eigenvalue weighted by Gasteiger charge is -2.33. The Hall–Kier alpha value is -0.830. The zero-order valence-electron chi connectivity index (χ0n) is 12.8. The van der Waals surface area contributed by atoms with Crippen LogP contribution >= 0.6 is 0 Å². The first kappa shape index (κ1) is 17.2. The molecule has 0 bridgehead atoms. The van der Waals surface area contributed by atoms with Gasteiger partial charge in [-0.25, -0.2) is 0 Å². The van der Waals surface area contributed by atoms with Gasteiger partial charge >= 0.3 is 0 Å². The molecular formula is C15H30N2O. The Bertz CT molecular complexity index is 270. The van der Waals surface area contributed by atoms with Gasteiger partial charge in [0.1, 0.15) is 0 Å². The zero-order chi connectivity index (χ0) is 14.2. The summed E-state index contributed by atoms with van der Waals surface area (Å²) in [4.78, 5) is 11.0. The summed E-state index contributed by atoms with van der Waals surface area (Å²) in [5.74, 6) is 1.30. The minimum atomic E-state index is -0.0509. The second-order valence-corrected chi connectivity index (χ2v) is 6.16. The van der Waals surface area contributed by atoms with Crippen molar-refractivity contribution in [1.82, 2.24) is 10.6 Å². The number of carbonyl (C=O) groups is 1. The van der Waals surface area contributed by atoms with Gasteiger partial charge in [-0.3, -0.25) is 4.79 Å². The third kappa shape index (κ3) is 7.49. The van der Waals surface area contributed by atoms with Gasteiger partial charge in [0.15, 0.2) is 0 Å². The minimum absolute atomic E-state index is 0.0509. The molecule has 1 amide bonds. The van der Waals surface area contributed by atoms with Crippen LogP contribution in [0.3, 0.4) is 0 Å². The fourth-order valence-electron chi connectivity index (χ4n) is 2.16. The Balaban J connectivity index is 3.92. The average molecular weight is 254 g/mol. The van der Waals surface area contributed by atoms with Crippen LogP contribution in [0.15, 0.2) is 12.2 Å². The van der Waals surface area contributed by atoms with Crippen molar-refractivity contribution in [1.29, 1.82) is 0 Å². The lowest BCUT2D eigenvalue weighted by Crippen LogP contribution is -2.32. The number of hydrogen-bond acceptors (Lipinski definition) is 2. The molecule has 0 radical (unpaired) electrons. The van der Waals surface area contributed by atoms with Gasteiger partial charge in [0.2, 0.25) is 5.91 Å². The zero-order valence-corrected chi connectivity index (χ0v) is 12.8. The normalized spacial score (nSPS) is 14.2. The van der Waals surface area contributed by atoms with Crippen molar-refractivity contribution in [3.63, 3.8) is 0 Å². The maximum absolute atomic E-state index is 11.0. The highest BCUT2D eigenvalue weighted by atomic mass is 16.1. The summed E-state index contributed by atoms with van der Waals surface area (Å²) in [6, 6.07) is 0. The maximum Gasteiger partial charge on any atom is 0.243 e. The lowest BCUT2D eigenvalue weighted by atomic mass is 9.74. The van der Waals surface area contributed by atoms with E-state index in [-0.39, 0.29) is 5.91 Å². The number of amides is 1. The van der Waals surface area contributed by atoms with Crippen molar-refractivity contribution in [3.05, 3.63) is 12.2 Å². The van der Waals surface area contributed by atoms with Crippen LogP contribution in [0.1, 0.15) is 41.0 Å². The van der Waals surface area contributed by atoms with E-state index in [1.807, 2.05) is 6.08 Å². The number of hydrogen-bond donors (Lipinski definition) is 2. The van der Waals surface area contributed by atoms with Crippen molar-refractivity contribution in [2.45, 2.75) is 41.0 Å². The highest BCUT2D eigenvalue weighted by molar-refractivity contribution is 5.87. The molecule has 0 saturated carbocycles. The second-order valence-electron chi connectivity index (χ2n) is 6.16. The van der Waals surface area contributed by atoms with Crippen molar-refractivity contribution < 1.29 is 4.79 Å². The molecule has 0 aliphatic carbocycles. The minimum Gasteiger partial charge on any atom is -0.356 e. The first-order chi connectivity index (χ1) is 8.29. The lowest BCUT2D eigenvalue weighted by molar-refractivity contribution is -0.116. The van der Waals surface area contributed by atoms with Gasteiger partial charge in [-0.15, -0.1) is 0 Å². The molecule has 0 heterocycles. The first-order valence-corrected chi connectivity index (χ1v) is 6.88. The van der Waals surface area contributed by atoms with Gasteiger partial charge in [-0.05, 0) is 30.2 Å². The van der Waals surface area contributed by atoms with Crippen LogP contribution in [0.25, 0.3) is 0 Å². The van der Waals surface area contributed by atoms with E-state index in [1.54, 1.807) is 13.1 Å². The fraction of sp³-hybridized carbons (Fsp3) is 0.800. The van der Waals surface area contributed by atoms with Crippen LogP contribution in [0.4, 0.5) is 0 Å². The van der Waals surface area contributed by atoms with Crippen molar-refractivity contribution in [3.8, 4) is 0 Å². The molecule has 0 aromatic rings. The summed E-state index contributed by atoms with van der Waals surface area (Å²) in [6.07, 6.45) is 4.67. The first-order valence-electron chi connectivity index (χ1n) is 6.88. The Morgan fingerprint density at radius 3 is 2.39 bits per heavy atom. The molecule has 1 atom stereocenters. The standard InChI is InChI=1S/C15H30N2O/c1-12(2)10-15(4,5)13(3)11-17-9-7-8-14(18)16-6/h7-8,12-13,17H,9-11H2,1-6H3,(H,16,18)/b8-7+. The van der Waals surface area contributed by atoms with Gasteiger partial charge in [0, 0.05) is 19.7 Å². The summed E-state index contributed by atoms with van der Waals surface area (Å²) in [5.41, 5.74) is 0.353. The Labute approximate surface area is 112 Å². The molecular weight excluding hydrogens is 224 g/mol. The molecule has 0 rings (SSSR count). The topological polar surface area (TPSA) is 41.1 Å². The largest absolute Gasteiger partial charge is 0.356 e. The molecule has 2 N–H and O–H groups in total. The van der Waals surface area contributed by atoms with Crippen molar-refractivity contribution in [2.75, 3.05) is 20.1 Å². The molecule has 18 heavy (non-hydrogen) atoms. The van der Waals surface area contributed by atoms with Gasteiger partial charge in [0.25, 0.3) is 0 Å². The molecule has 0 spiro atoms. The van der Waals surface area contributed by atoms with E-state index in [9.17, 15) is 4.79 Å². The van der Waals surface area contributed by atoms with Crippen LogP contribution < -0.4 is 10.6 Å². The molecule has 0 aliphatic rings. The molecule has 3 nitrogen and oxygen atoms in total. The Morgan fingerprint density at radius 1 is 1.28 bits per heavy atom. The summed E-state index contributed by atoms with van der Waals surface area (Å²) < 4.78 is 0. The van der Waals surface area contributed by atoms with Crippen LogP contribution in [0.5, 0.6) is 0 Å². The summed E-state index contributed by atoms with van der Waals surface area (Å²) in [6.45, 7) is 13.2. The molecule has 1 unspecified atom stereocenters. The van der Waals surface area contributed by atoms with Gasteiger partial charge in [-0.2, -0.15) is 0 Å². The summed E-state index contributed by atoms with van der Waals surface area (Å²) in [7, 11) is 1.64. The predicted molar refractivity (Wildman–Crippen MR) is 78.5 cm³/mol. The van der Waals surface area contributed by atoms with Crippen LogP contribution in [0.2, 0.25) is 0 Å². The molecule has 0 saturated heterocycles. The third-order valence-corrected chi connectivity index (χ3v) is 3.50. The van der Waals surface area contributed by atoms with Crippen LogP contribution in [0, 0.1) is 17.3 Å². The number of likely N-dealkylation sites (N-methyl/N-ethyl adjacent to an activating group) is 1. The van der Waals surface area contributed by atoms with Gasteiger partial charge in [0.05, 0.1) is 0 Å². The van der Waals surface area contributed by atoms with Gasteiger partial charge in [-0.1, -0.05) is 40.7 Å². The molecule has 0 aliphatic heterocycles. The van der Waals surface area contributed by atoms with E-state index in [0.717, 1.165) is 19.0 Å². The fourth-order valence-corrected chi connectivity index (χ4v) is 2.16. The molecule has 0 fully saturated rings. The summed E-state index contributed by atoms with van der Waals surface area (Å²) in [5, 5.41) is 5.93. The Morgan fingerprint density at radius 2 is 1.89 bits per heavy atom.